The number of phenolic OH excluding ortho intramolecular Hbond substituents is 1. The lowest BCUT2D eigenvalue weighted by atomic mass is 10.00. The average Bonchev–Trinajstić information content (AvgIpc) is 2.30. The largest absolute Gasteiger partial charge is 0.507 e. The number of benzene rings is 1. The number of aromatic hydroxyl groups is 1. The predicted octanol–water partition coefficient (Wildman–Crippen LogP) is 0.687. The van der Waals surface area contributed by atoms with E-state index in [9.17, 15) is 9.90 Å². The average molecular weight is 265 g/mol. The van der Waals surface area contributed by atoms with E-state index in [1.165, 1.54) is 0 Å². The predicted molar refractivity (Wildman–Crippen MR) is 76.1 cm³/mol. The minimum Gasteiger partial charge on any atom is -0.507 e. The first-order valence-corrected chi connectivity index (χ1v) is 6.30. The SMILES string of the molecule is Cc1cc(C(NCCN(C)C)C(N)=O)cc(C)c1O. The number of hydrogen-bond acceptors (Lipinski definition) is 4. The van der Waals surface area contributed by atoms with E-state index in [2.05, 4.69) is 5.32 Å². The second-order valence-corrected chi connectivity index (χ2v) is 5.10. The van der Waals surface area contributed by atoms with Crippen molar-refractivity contribution >= 4 is 5.91 Å². The van der Waals surface area contributed by atoms with Crippen LogP contribution in [0.1, 0.15) is 22.7 Å². The summed E-state index contributed by atoms with van der Waals surface area (Å²) in [6.45, 7) is 5.10. The van der Waals surface area contributed by atoms with E-state index in [1.54, 1.807) is 12.1 Å². The number of rotatable bonds is 6. The smallest absolute Gasteiger partial charge is 0.239 e. The Labute approximate surface area is 114 Å². The lowest BCUT2D eigenvalue weighted by Crippen LogP contribution is -2.37. The van der Waals surface area contributed by atoms with Gasteiger partial charge in [-0.05, 0) is 44.6 Å². The van der Waals surface area contributed by atoms with Gasteiger partial charge in [-0.3, -0.25) is 4.79 Å². The van der Waals surface area contributed by atoms with E-state index in [0.29, 0.717) is 6.54 Å². The van der Waals surface area contributed by atoms with Crippen molar-refractivity contribution in [2.75, 3.05) is 27.2 Å². The molecule has 0 heterocycles. The van der Waals surface area contributed by atoms with Gasteiger partial charge in [0, 0.05) is 13.1 Å². The van der Waals surface area contributed by atoms with Gasteiger partial charge in [-0.25, -0.2) is 0 Å². The fourth-order valence-corrected chi connectivity index (χ4v) is 1.97. The van der Waals surface area contributed by atoms with Crippen molar-refractivity contribution in [3.8, 4) is 5.75 Å². The van der Waals surface area contributed by atoms with Gasteiger partial charge in [0.2, 0.25) is 5.91 Å². The molecule has 1 amide bonds. The van der Waals surface area contributed by atoms with Crippen LogP contribution >= 0.6 is 0 Å². The van der Waals surface area contributed by atoms with Crippen LogP contribution in [0.4, 0.5) is 0 Å². The molecule has 1 aromatic carbocycles. The fourth-order valence-electron chi connectivity index (χ4n) is 1.97. The van der Waals surface area contributed by atoms with E-state index >= 15 is 0 Å². The molecule has 0 aromatic heterocycles. The number of hydrogen-bond donors (Lipinski definition) is 3. The molecule has 0 saturated carbocycles. The summed E-state index contributed by atoms with van der Waals surface area (Å²) in [5.41, 5.74) is 7.73. The summed E-state index contributed by atoms with van der Waals surface area (Å²) >= 11 is 0. The maximum absolute atomic E-state index is 11.6. The third kappa shape index (κ3) is 4.22. The van der Waals surface area contributed by atoms with Crippen molar-refractivity contribution < 1.29 is 9.90 Å². The third-order valence-corrected chi connectivity index (χ3v) is 3.04. The molecule has 4 N–H and O–H groups in total. The highest BCUT2D eigenvalue weighted by Crippen LogP contribution is 2.26. The molecule has 106 valence electrons. The molecule has 0 radical (unpaired) electrons. The highest BCUT2D eigenvalue weighted by molar-refractivity contribution is 5.81. The minimum absolute atomic E-state index is 0.264. The molecule has 5 nitrogen and oxygen atoms in total. The zero-order valence-electron chi connectivity index (χ0n) is 12.0. The van der Waals surface area contributed by atoms with Crippen LogP contribution in [-0.2, 0) is 4.79 Å². The summed E-state index contributed by atoms with van der Waals surface area (Å²) in [6.07, 6.45) is 0. The Morgan fingerprint density at radius 3 is 2.32 bits per heavy atom. The number of phenols is 1. The zero-order chi connectivity index (χ0) is 14.6. The maximum Gasteiger partial charge on any atom is 0.239 e. The molecular formula is C14H23N3O2. The first kappa shape index (κ1) is 15.5. The van der Waals surface area contributed by atoms with Crippen LogP contribution in [-0.4, -0.2) is 43.1 Å². The molecule has 0 saturated heterocycles. The fraction of sp³-hybridized carbons (Fsp3) is 0.500. The number of likely N-dealkylation sites (N-methyl/N-ethyl adjacent to an activating group) is 1. The lowest BCUT2D eigenvalue weighted by molar-refractivity contribution is -0.120. The van der Waals surface area contributed by atoms with Crippen LogP contribution in [0, 0.1) is 13.8 Å². The van der Waals surface area contributed by atoms with Crippen LogP contribution in [0.5, 0.6) is 5.75 Å². The van der Waals surface area contributed by atoms with Crippen molar-refractivity contribution in [2.24, 2.45) is 5.73 Å². The van der Waals surface area contributed by atoms with Crippen molar-refractivity contribution in [1.29, 1.82) is 0 Å². The molecule has 0 aliphatic carbocycles. The molecule has 1 unspecified atom stereocenters. The van der Waals surface area contributed by atoms with Gasteiger partial charge in [0.1, 0.15) is 11.8 Å². The number of aryl methyl sites for hydroxylation is 2. The first-order valence-electron chi connectivity index (χ1n) is 6.30. The molecule has 1 rings (SSSR count). The van der Waals surface area contributed by atoms with Gasteiger partial charge in [0.25, 0.3) is 0 Å². The first-order chi connectivity index (χ1) is 8.82. The summed E-state index contributed by atoms with van der Waals surface area (Å²) in [6, 6.07) is 3.05. The van der Waals surface area contributed by atoms with Crippen molar-refractivity contribution in [1.82, 2.24) is 10.2 Å². The number of carbonyl (C=O) groups excluding carboxylic acids is 1. The highest BCUT2D eigenvalue weighted by Gasteiger charge is 2.18. The molecule has 0 fully saturated rings. The molecule has 0 aliphatic rings. The van der Waals surface area contributed by atoms with E-state index in [4.69, 9.17) is 5.73 Å². The molecule has 0 aliphatic heterocycles. The second kappa shape index (κ2) is 6.54. The lowest BCUT2D eigenvalue weighted by Gasteiger charge is -2.19. The topological polar surface area (TPSA) is 78.6 Å². The van der Waals surface area contributed by atoms with Gasteiger partial charge in [-0.15, -0.1) is 0 Å². The monoisotopic (exact) mass is 265 g/mol. The normalized spacial score (nSPS) is 12.7. The Hall–Kier alpha value is -1.59. The summed E-state index contributed by atoms with van der Waals surface area (Å²) in [4.78, 5) is 13.6. The van der Waals surface area contributed by atoms with E-state index in [-0.39, 0.29) is 5.75 Å². The summed E-state index contributed by atoms with van der Waals surface area (Å²) in [7, 11) is 3.94. The number of carbonyl (C=O) groups is 1. The molecule has 0 bridgehead atoms. The molecular weight excluding hydrogens is 242 g/mol. The van der Waals surface area contributed by atoms with Gasteiger partial charge in [0.15, 0.2) is 0 Å². The third-order valence-electron chi connectivity index (χ3n) is 3.04. The van der Waals surface area contributed by atoms with Crippen LogP contribution in [0.2, 0.25) is 0 Å². The van der Waals surface area contributed by atoms with E-state index < -0.39 is 11.9 Å². The Balaban J connectivity index is 2.90. The van der Waals surface area contributed by atoms with E-state index in [1.807, 2.05) is 32.8 Å². The van der Waals surface area contributed by atoms with Gasteiger partial charge >= 0.3 is 0 Å². The summed E-state index contributed by atoms with van der Waals surface area (Å²) in [5, 5.41) is 12.9. The van der Waals surface area contributed by atoms with Gasteiger partial charge < -0.3 is 21.1 Å². The maximum atomic E-state index is 11.6. The molecule has 19 heavy (non-hydrogen) atoms. The summed E-state index contributed by atoms with van der Waals surface area (Å²) in [5.74, 6) is -0.150. The molecule has 1 atom stereocenters. The number of nitrogens with two attached hydrogens (primary N) is 1. The quantitative estimate of drug-likeness (QED) is 0.707. The number of amides is 1. The molecule has 5 heteroatoms. The Morgan fingerprint density at radius 2 is 1.89 bits per heavy atom. The van der Waals surface area contributed by atoms with Crippen molar-refractivity contribution in [2.45, 2.75) is 19.9 Å². The van der Waals surface area contributed by atoms with Gasteiger partial charge in [0.05, 0.1) is 0 Å². The van der Waals surface area contributed by atoms with Crippen LogP contribution < -0.4 is 11.1 Å². The molecule has 1 aromatic rings. The van der Waals surface area contributed by atoms with Gasteiger partial charge in [-0.2, -0.15) is 0 Å². The number of primary amides is 1. The zero-order valence-corrected chi connectivity index (χ0v) is 12.0. The second-order valence-electron chi connectivity index (χ2n) is 5.10. The number of nitrogens with one attached hydrogen (secondary N) is 1. The Morgan fingerprint density at radius 1 is 1.37 bits per heavy atom. The van der Waals surface area contributed by atoms with Crippen molar-refractivity contribution in [3.05, 3.63) is 28.8 Å². The minimum atomic E-state index is -0.530. The van der Waals surface area contributed by atoms with Crippen LogP contribution in [0.25, 0.3) is 0 Å². The van der Waals surface area contributed by atoms with Crippen LogP contribution in [0.15, 0.2) is 12.1 Å². The van der Waals surface area contributed by atoms with Gasteiger partial charge in [-0.1, -0.05) is 12.1 Å². The standard InChI is InChI=1S/C14H23N3O2/c1-9-7-11(8-10(2)13(9)18)12(14(15)19)16-5-6-17(3)4/h7-8,12,16,18H,5-6H2,1-4H3,(H2,15,19). The highest BCUT2D eigenvalue weighted by atomic mass is 16.3. The Kier molecular flexibility index (Phi) is 5.32. The van der Waals surface area contributed by atoms with E-state index in [0.717, 1.165) is 23.2 Å². The number of nitrogens with zero attached hydrogens (tertiary/aromatic N) is 1. The Bertz CT molecular complexity index is 435. The molecule has 0 spiro atoms. The van der Waals surface area contributed by atoms with Crippen molar-refractivity contribution in [3.63, 3.8) is 0 Å². The summed E-state index contributed by atoms with van der Waals surface area (Å²) < 4.78 is 0. The van der Waals surface area contributed by atoms with Crippen LogP contribution in [0.3, 0.4) is 0 Å².